The van der Waals surface area contributed by atoms with Gasteiger partial charge >= 0.3 is 0 Å². The Hall–Kier alpha value is -2.71. The summed E-state index contributed by atoms with van der Waals surface area (Å²) in [6.07, 6.45) is 4.09. The van der Waals surface area contributed by atoms with Gasteiger partial charge in [-0.25, -0.2) is 4.39 Å². The van der Waals surface area contributed by atoms with Gasteiger partial charge in [-0.1, -0.05) is 12.1 Å². The third-order valence-corrected chi connectivity index (χ3v) is 6.91. The van der Waals surface area contributed by atoms with E-state index in [4.69, 9.17) is 9.15 Å². The topological polar surface area (TPSA) is 83.2 Å². The van der Waals surface area contributed by atoms with E-state index in [0.29, 0.717) is 43.9 Å². The number of aliphatic hydroxyl groups is 1. The number of furan rings is 1. The molecule has 2 aromatic rings. The van der Waals surface area contributed by atoms with Crippen LogP contribution >= 0.6 is 0 Å². The van der Waals surface area contributed by atoms with Crippen molar-refractivity contribution in [1.29, 1.82) is 0 Å². The van der Waals surface area contributed by atoms with E-state index >= 15 is 0 Å². The third-order valence-electron chi connectivity index (χ3n) is 6.91. The van der Waals surface area contributed by atoms with Gasteiger partial charge in [0.15, 0.2) is 0 Å². The quantitative estimate of drug-likeness (QED) is 0.690. The van der Waals surface area contributed by atoms with Crippen molar-refractivity contribution in [1.82, 2.24) is 9.80 Å². The minimum Gasteiger partial charge on any atom is -0.467 e. The Kier molecular flexibility index (Phi) is 7.14. The van der Waals surface area contributed by atoms with Crippen LogP contribution in [0.2, 0.25) is 0 Å². The smallest absolute Gasteiger partial charge is 0.248 e. The second-order valence-electron chi connectivity index (χ2n) is 8.95. The summed E-state index contributed by atoms with van der Waals surface area (Å²) >= 11 is 0. The number of benzene rings is 1. The summed E-state index contributed by atoms with van der Waals surface area (Å²) in [7, 11) is 1.60. The van der Waals surface area contributed by atoms with Crippen molar-refractivity contribution >= 4 is 11.8 Å². The van der Waals surface area contributed by atoms with Crippen LogP contribution in [-0.2, 0) is 20.7 Å². The minimum atomic E-state index is -1.06. The molecular weight excluding hydrogens is 427 g/mol. The molecule has 2 saturated heterocycles. The molecule has 1 N–H and O–H groups in total. The van der Waals surface area contributed by atoms with Crippen LogP contribution in [0.1, 0.15) is 43.0 Å². The van der Waals surface area contributed by atoms with Crippen LogP contribution in [0.4, 0.5) is 4.39 Å². The zero-order valence-electron chi connectivity index (χ0n) is 18.9. The van der Waals surface area contributed by atoms with E-state index in [2.05, 4.69) is 0 Å². The molecule has 2 amide bonds. The minimum absolute atomic E-state index is 0.0305. The lowest BCUT2D eigenvalue weighted by atomic mass is 9.86. The first-order valence-electron chi connectivity index (χ1n) is 11.5. The van der Waals surface area contributed by atoms with E-state index in [1.807, 2.05) is 0 Å². The number of nitrogens with zero attached hydrogens (tertiary/aromatic N) is 2. The number of carbonyl (C=O) groups excluding carboxylic acids is 2. The highest BCUT2D eigenvalue weighted by molar-refractivity contribution is 5.93. The van der Waals surface area contributed by atoms with Crippen LogP contribution in [0.3, 0.4) is 0 Å². The van der Waals surface area contributed by atoms with Crippen LogP contribution in [0, 0.1) is 11.7 Å². The summed E-state index contributed by atoms with van der Waals surface area (Å²) in [4.78, 5) is 31.3. The molecule has 7 nitrogen and oxygen atoms in total. The van der Waals surface area contributed by atoms with Crippen molar-refractivity contribution in [2.24, 2.45) is 5.92 Å². The van der Waals surface area contributed by atoms with Gasteiger partial charge in [0, 0.05) is 32.7 Å². The lowest BCUT2D eigenvalue weighted by Crippen LogP contribution is -2.58. The molecule has 178 valence electrons. The molecule has 0 saturated carbocycles. The molecule has 1 spiro atoms. The predicted molar refractivity (Wildman–Crippen MR) is 119 cm³/mol. The van der Waals surface area contributed by atoms with Gasteiger partial charge < -0.3 is 24.1 Å². The van der Waals surface area contributed by atoms with E-state index < -0.39 is 11.6 Å². The van der Waals surface area contributed by atoms with Crippen molar-refractivity contribution in [2.75, 3.05) is 33.4 Å². The average molecular weight is 459 g/mol. The molecule has 0 aliphatic carbocycles. The first-order valence-corrected chi connectivity index (χ1v) is 11.5. The summed E-state index contributed by atoms with van der Waals surface area (Å²) in [5.41, 5.74) is -0.397. The van der Waals surface area contributed by atoms with Crippen LogP contribution in [0.15, 0.2) is 47.1 Å². The van der Waals surface area contributed by atoms with Crippen LogP contribution in [-0.4, -0.2) is 65.7 Å². The Morgan fingerprint density at radius 2 is 2.06 bits per heavy atom. The van der Waals surface area contributed by atoms with Gasteiger partial charge in [-0.05, 0) is 55.5 Å². The fourth-order valence-electron chi connectivity index (χ4n) is 5.41. The molecule has 33 heavy (non-hydrogen) atoms. The largest absolute Gasteiger partial charge is 0.467 e. The van der Waals surface area contributed by atoms with E-state index in [1.165, 1.54) is 18.4 Å². The molecule has 1 aromatic carbocycles. The fourth-order valence-corrected chi connectivity index (χ4v) is 5.41. The lowest BCUT2D eigenvalue weighted by Gasteiger charge is -2.41. The molecule has 0 unspecified atom stereocenters. The number of halogens is 1. The van der Waals surface area contributed by atoms with Gasteiger partial charge in [0.25, 0.3) is 0 Å². The van der Waals surface area contributed by atoms with Crippen molar-refractivity contribution in [2.45, 2.75) is 43.7 Å². The normalized spacial score (nSPS) is 25.6. The van der Waals surface area contributed by atoms with Gasteiger partial charge in [0.2, 0.25) is 11.8 Å². The van der Waals surface area contributed by atoms with Crippen LogP contribution in [0.5, 0.6) is 0 Å². The molecule has 0 radical (unpaired) electrons. The predicted octanol–water partition coefficient (Wildman–Crippen LogP) is 2.94. The Morgan fingerprint density at radius 3 is 2.73 bits per heavy atom. The second kappa shape index (κ2) is 10.1. The summed E-state index contributed by atoms with van der Waals surface area (Å²) in [6.45, 7) is 1.31. The summed E-state index contributed by atoms with van der Waals surface area (Å²) in [5.74, 6) is -0.484. The monoisotopic (exact) mass is 458 g/mol. The Bertz CT molecular complexity index is 948. The molecule has 3 heterocycles. The van der Waals surface area contributed by atoms with Crippen molar-refractivity contribution in [3.05, 3.63) is 59.8 Å². The van der Waals surface area contributed by atoms with Crippen LogP contribution in [0.25, 0.3) is 0 Å². The highest BCUT2D eigenvalue weighted by atomic mass is 19.1. The maximum atomic E-state index is 14.0. The van der Waals surface area contributed by atoms with E-state index in [9.17, 15) is 19.1 Å². The molecule has 1 aromatic heterocycles. The Labute approximate surface area is 193 Å². The van der Waals surface area contributed by atoms with E-state index in [1.54, 1.807) is 41.2 Å². The zero-order chi connectivity index (χ0) is 23.4. The van der Waals surface area contributed by atoms with Crippen molar-refractivity contribution < 1.29 is 28.2 Å². The summed E-state index contributed by atoms with van der Waals surface area (Å²) in [5, 5.41) is 10.3. The number of likely N-dealkylation sites (tertiary alicyclic amines) is 2. The first kappa shape index (κ1) is 23.4. The van der Waals surface area contributed by atoms with Crippen molar-refractivity contribution in [3.8, 4) is 0 Å². The number of aliphatic hydroxyl groups excluding tert-OH is 1. The summed E-state index contributed by atoms with van der Waals surface area (Å²) in [6, 6.07) is 8.80. The van der Waals surface area contributed by atoms with Gasteiger partial charge in [0.05, 0.1) is 25.3 Å². The molecular formula is C25H31FN2O5. The third kappa shape index (κ3) is 4.54. The van der Waals surface area contributed by atoms with Gasteiger partial charge in [-0.15, -0.1) is 0 Å². The zero-order valence-corrected chi connectivity index (χ0v) is 18.9. The van der Waals surface area contributed by atoms with Gasteiger partial charge in [-0.3, -0.25) is 9.59 Å². The van der Waals surface area contributed by atoms with E-state index in [0.717, 1.165) is 12.8 Å². The number of amides is 2. The highest BCUT2D eigenvalue weighted by Gasteiger charge is 2.59. The Balaban J connectivity index is 1.75. The molecule has 3 atom stereocenters. The maximum absolute atomic E-state index is 14.0. The number of methoxy groups -OCH3 is 1. The number of hydrogen-bond donors (Lipinski definition) is 1. The number of hydrogen-bond acceptors (Lipinski definition) is 5. The van der Waals surface area contributed by atoms with E-state index in [-0.39, 0.29) is 36.6 Å². The van der Waals surface area contributed by atoms with Crippen molar-refractivity contribution in [3.63, 3.8) is 0 Å². The molecule has 2 aliphatic heterocycles. The second-order valence-corrected chi connectivity index (χ2v) is 8.95. The standard InChI is InChI=1S/C25H31FN2O5/c1-32-14-12-27-11-3-2-10-25(24(27)31)16-19(17-29)23(21-5-4-13-33-21)28(25)22(30)15-18-6-8-20(26)9-7-18/h4-9,13,19,23,29H,2-3,10-12,14-17H2,1H3/t19-,23-,25+/m1/s1. The Morgan fingerprint density at radius 1 is 1.27 bits per heavy atom. The molecule has 0 bridgehead atoms. The number of rotatable bonds is 7. The molecule has 4 rings (SSSR count). The maximum Gasteiger partial charge on any atom is 0.248 e. The first-order chi connectivity index (χ1) is 16.0. The lowest BCUT2D eigenvalue weighted by molar-refractivity contribution is -0.153. The molecule has 2 fully saturated rings. The average Bonchev–Trinajstić information content (AvgIpc) is 3.42. The molecule has 2 aliphatic rings. The van der Waals surface area contributed by atoms with Gasteiger partial charge in [-0.2, -0.15) is 0 Å². The number of carbonyl (C=O) groups is 2. The van der Waals surface area contributed by atoms with Crippen LogP contribution < -0.4 is 0 Å². The summed E-state index contributed by atoms with van der Waals surface area (Å²) < 4.78 is 24.3. The fraction of sp³-hybridized carbons (Fsp3) is 0.520. The number of ether oxygens (including phenoxy) is 1. The van der Waals surface area contributed by atoms with Gasteiger partial charge in [0.1, 0.15) is 17.1 Å². The SMILES string of the molecule is COCCN1CCCC[C@]2(C[C@H](CO)[C@H](c3ccco3)N2C(=O)Cc2ccc(F)cc2)C1=O. The molecule has 8 heteroatoms. The highest BCUT2D eigenvalue weighted by Crippen LogP contribution is 2.50.